The molecule has 0 heterocycles. The van der Waals surface area contributed by atoms with Crippen LogP contribution in [0.25, 0.3) is 0 Å². The van der Waals surface area contributed by atoms with Crippen molar-refractivity contribution in [1.82, 2.24) is 5.32 Å². The zero-order valence-electron chi connectivity index (χ0n) is 12.5. The van der Waals surface area contributed by atoms with Crippen LogP contribution in [0.1, 0.15) is 56.0 Å². The summed E-state index contributed by atoms with van der Waals surface area (Å²) >= 11 is 0. The quantitative estimate of drug-likeness (QED) is 0.771. The van der Waals surface area contributed by atoms with E-state index in [9.17, 15) is 4.79 Å². The molecule has 0 radical (unpaired) electrons. The molecule has 1 amide bonds. The Hall–Kier alpha value is -1.51. The van der Waals surface area contributed by atoms with E-state index in [1.165, 1.54) is 6.42 Å². The Morgan fingerprint density at radius 1 is 1.26 bits per heavy atom. The highest BCUT2D eigenvalue weighted by Gasteiger charge is 2.12. The van der Waals surface area contributed by atoms with Gasteiger partial charge in [0.05, 0.1) is 5.56 Å². The molecular weight excluding hydrogens is 236 g/mol. The van der Waals surface area contributed by atoms with Gasteiger partial charge in [-0.15, -0.1) is 0 Å². The molecule has 3 nitrogen and oxygen atoms in total. The van der Waals surface area contributed by atoms with Gasteiger partial charge in [0.2, 0.25) is 0 Å². The summed E-state index contributed by atoms with van der Waals surface area (Å²) < 4.78 is 0. The van der Waals surface area contributed by atoms with E-state index in [-0.39, 0.29) is 11.9 Å². The van der Waals surface area contributed by atoms with Crippen LogP contribution in [-0.2, 0) is 0 Å². The number of rotatable bonds is 6. The predicted molar refractivity (Wildman–Crippen MR) is 81.2 cm³/mol. The molecule has 1 rings (SSSR count). The molecule has 1 unspecified atom stereocenters. The molecule has 0 bridgehead atoms. The Morgan fingerprint density at radius 2 is 1.95 bits per heavy atom. The molecule has 3 heteroatoms. The summed E-state index contributed by atoms with van der Waals surface area (Å²) in [5, 5.41) is 3.01. The number of nitrogens with two attached hydrogens (primary N) is 1. The van der Waals surface area contributed by atoms with Gasteiger partial charge in [0, 0.05) is 11.7 Å². The van der Waals surface area contributed by atoms with Gasteiger partial charge in [-0.25, -0.2) is 0 Å². The van der Waals surface area contributed by atoms with Gasteiger partial charge in [0.25, 0.3) is 5.91 Å². The van der Waals surface area contributed by atoms with E-state index in [2.05, 4.69) is 19.2 Å². The smallest absolute Gasteiger partial charge is 0.253 e. The van der Waals surface area contributed by atoms with Gasteiger partial charge in [-0.05, 0) is 43.9 Å². The van der Waals surface area contributed by atoms with Crippen molar-refractivity contribution >= 4 is 11.6 Å². The van der Waals surface area contributed by atoms with Crippen molar-refractivity contribution in [2.45, 2.75) is 53.0 Å². The molecule has 1 aromatic rings. The number of hydrogen-bond acceptors (Lipinski definition) is 2. The van der Waals surface area contributed by atoms with Crippen LogP contribution in [0.3, 0.4) is 0 Å². The Morgan fingerprint density at radius 3 is 2.53 bits per heavy atom. The van der Waals surface area contributed by atoms with Gasteiger partial charge in [0.1, 0.15) is 0 Å². The molecule has 0 spiro atoms. The lowest BCUT2D eigenvalue weighted by Gasteiger charge is -2.15. The zero-order valence-corrected chi connectivity index (χ0v) is 12.5. The highest BCUT2D eigenvalue weighted by Crippen LogP contribution is 2.14. The number of carbonyl (C=O) groups is 1. The third-order valence-electron chi connectivity index (χ3n) is 3.25. The van der Waals surface area contributed by atoms with Crippen molar-refractivity contribution in [2.24, 2.45) is 5.92 Å². The lowest BCUT2D eigenvalue weighted by atomic mass is 10.0. The molecule has 3 N–H and O–H groups in total. The maximum absolute atomic E-state index is 12.1. The highest BCUT2D eigenvalue weighted by atomic mass is 16.1. The van der Waals surface area contributed by atoms with E-state index in [0.717, 1.165) is 24.3 Å². The Labute approximate surface area is 116 Å². The van der Waals surface area contributed by atoms with Crippen LogP contribution >= 0.6 is 0 Å². The summed E-state index contributed by atoms with van der Waals surface area (Å²) in [5.41, 5.74) is 8.06. The summed E-state index contributed by atoms with van der Waals surface area (Å²) in [6.07, 6.45) is 3.35. The molecule has 1 atom stereocenters. The summed E-state index contributed by atoms with van der Waals surface area (Å²) in [6, 6.07) is 5.72. The predicted octanol–water partition coefficient (Wildman–Crippen LogP) is 3.52. The van der Waals surface area contributed by atoms with E-state index in [4.69, 9.17) is 5.73 Å². The number of nitrogens with one attached hydrogen (secondary N) is 1. The number of carbonyl (C=O) groups excluding carboxylic acids is 1. The molecule has 0 aliphatic heterocycles. The first-order valence-corrected chi connectivity index (χ1v) is 7.07. The molecule has 0 aliphatic carbocycles. The van der Waals surface area contributed by atoms with Gasteiger partial charge in [0.15, 0.2) is 0 Å². The van der Waals surface area contributed by atoms with Gasteiger partial charge in [-0.3, -0.25) is 4.79 Å². The van der Waals surface area contributed by atoms with Crippen LogP contribution in [0.5, 0.6) is 0 Å². The fraction of sp³-hybridized carbons (Fsp3) is 0.562. The first-order valence-electron chi connectivity index (χ1n) is 7.07. The van der Waals surface area contributed by atoms with Crippen molar-refractivity contribution in [2.75, 3.05) is 5.73 Å². The summed E-state index contributed by atoms with van der Waals surface area (Å²) in [7, 11) is 0. The first kappa shape index (κ1) is 15.5. The molecule has 0 aromatic heterocycles. The fourth-order valence-electron chi connectivity index (χ4n) is 2.09. The Bertz CT molecular complexity index is 427. The molecule has 0 saturated heterocycles. The van der Waals surface area contributed by atoms with Crippen LogP contribution in [-0.4, -0.2) is 11.9 Å². The summed E-state index contributed by atoms with van der Waals surface area (Å²) in [4.78, 5) is 12.1. The van der Waals surface area contributed by atoms with Gasteiger partial charge in [-0.1, -0.05) is 32.8 Å². The van der Waals surface area contributed by atoms with Gasteiger partial charge < -0.3 is 11.1 Å². The number of aryl methyl sites for hydroxylation is 1. The second kappa shape index (κ2) is 7.17. The van der Waals surface area contributed by atoms with Crippen LogP contribution in [0.2, 0.25) is 0 Å². The summed E-state index contributed by atoms with van der Waals surface area (Å²) in [5.74, 6) is 0.644. The van der Waals surface area contributed by atoms with Gasteiger partial charge >= 0.3 is 0 Å². The van der Waals surface area contributed by atoms with Crippen LogP contribution in [0, 0.1) is 12.8 Å². The van der Waals surface area contributed by atoms with Gasteiger partial charge in [-0.2, -0.15) is 0 Å². The van der Waals surface area contributed by atoms with Crippen molar-refractivity contribution in [3.05, 3.63) is 29.3 Å². The number of nitrogen functional groups attached to an aromatic ring is 1. The van der Waals surface area contributed by atoms with Crippen molar-refractivity contribution in [1.29, 1.82) is 0 Å². The van der Waals surface area contributed by atoms with Crippen molar-refractivity contribution in [3.63, 3.8) is 0 Å². The molecule has 106 valence electrons. The average molecular weight is 262 g/mol. The Balaban J connectivity index is 2.50. The second-order valence-electron chi connectivity index (χ2n) is 5.79. The minimum atomic E-state index is -0.0745. The SMILES string of the molecule is Cc1ccc(C(=O)NC(C)CCCC(C)C)c(N)c1. The van der Waals surface area contributed by atoms with Crippen LogP contribution in [0.4, 0.5) is 5.69 Å². The normalized spacial score (nSPS) is 12.5. The largest absolute Gasteiger partial charge is 0.398 e. The topological polar surface area (TPSA) is 55.1 Å². The fourth-order valence-corrected chi connectivity index (χ4v) is 2.09. The lowest BCUT2D eigenvalue weighted by Crippen LogP contribution is -2.33. The maximum atomic E-state index is 12.1. The van der Waals surface area contributed by atoms with E-state index < -0.39 is 0 Å². The zero-order chi connectivity index (χ0) is 14.4. The summed E-state index contributed by atoms with van der Waals surface area (Å²) in [6.45, 7) is 8.45. The number of hydrogen-bond donors (Lipinski definition) is 2. The molecular formula is C16H26N2O. The first-order chi connectivity index (χ1) is 8.90. The third kappa shape index (κ3) is 5.33. The highest BCUT2D eigenvalue weighted by molar-refractivity contribution is 5.99. The average Bonchev–Trinajstić information content (AvgIpc) is 2.27. The van der Waals surface area contributed by atoms with Crippen LogP contribution in [0.15, 0.2) is 18.2 Å². The maximum Gasteiger partial charge on any atom is 0.253 e. The minimum Gasteiger partial charge on any atom is -0.398 e. The Kier molecular flexibility index (Phi) is 5.87. The number of benzene rings is 1. The van der Waals surface area contributed by atoms with Crippen molar-refractivity contribution < 1.29 is 4.79 Å². The van der Waals surface area contributed by atoms with E-state index >= 15 is 0 Å². The molecule has 0 fully saturated rings. The monoisotopic (exact) mass is 262 g/mol. The standard InChI is InChI=1S/C16H26N2O/c1-11(2)6-5-7-13(4)18-16(19)14-9-8-12(3)10-15(14)17/h8-11,13H,5-7,17H2,1-4H3,(H,18,19). The third-order valence-corrected chi connectivity index (χ3v) is 3.25. The molecule has 19 heavy (non-hydrogen) atoms. The molecule has 1 aromatic carbocycles. The van der Waals surface area contributed by atoms with E-state index in [0.29, 0.717) is 11.3 Å². The second-order valence-corrected chi connectivity index (χ2v) is 5.79. The van der Waals surface area contributed by atoms with Crippen molar-refractivity contribution in [3.8, 4) is 0 Å². The number of amides is 1. The minimum absolute atomic E-state index is 0.0745. The van der Waals surface area contributed by atoms with Crippen LogP contribution < -0.4 is 11.1 Å². The van der Waals surface area contributed by atoms with E-state index in [1.807, 2.05) is 26.0 Å². The molecule has 0 aliphatic rings. The van der Waals surface area contributed by atoms with E-state index in [1.54, 1.807) is 6.07 Å². The molecule has 0 saturated carbocycles. The lowest BCUT2D eigenvalue weighted by molar-refractivity contribution is 0.0938. The number of anilines is 1.